The molecule has 1 aliphatic heterocycles. The molecule has 11 nitrogen and oxygen atoms in total. The van der Waals surface area contributed by atoms with Crippen molar-refractivity contribution < 1.29 is 46.5 Å². The number of thioether (sulfide) groups is 1. The first-order chi connectivity index (χ1) is 19.4. The molecule has 0 saturated carbocycles. The van der Waals surface area contributed by atoms with E-state index in [1.54, 1.807) is 6.07 Å². The number of pyridine rings is 1. The van der Waals surface area contributed by atoms with Gasteiger partial charge in [0.2, 0.25) is 0 Å². The summed E-state index contributed by atoms with van der Waals surface area (Å²) in [7, 11) is 0. The molecule has 0 amide bonds. The molecule has 3 aromatic rings. The van der Waals surface area contributed by atoms with Crippen LogP contribution < -0.4 is 0 Å². The van der Waals surface area contributed by atoms with Crippen LogP contribution in [0.15, 0.2) is 41.7 Å². The van der Waals surface area contributed by atoms with Gasteiger partial charge in [0.05, 0.1) is 11.2 Å². The predicted octanol–water partition coefficient (Wildman–Crippen LogP) is 3.90. The van der Waals surface area contributed by atoms with Crippen molar-refractivity contribution in [2.24, 2.45) is 0 Å². The lowest BCUT2D eigenvalue weighted by atomic mass is 9.96. The van der Waals surface area contributed by atoms with E-state index in [1.165, 1.54) is 30.2 Å². The summed E-state index contributed by atoms with van der Waals surface area (Å²) in [6.45, 7) is 3.10. The Labute approximate surface area is 240 Å². The van der Waals surface area contributed by atoms with E-state index in [0.717, 1.165) is 37.7 Å². The molecule has 0 radical (unpaired) electrons. The third-order valence-electron chi connectivity index (χ3n) is 5.70. The molecule has 3 heterocycles. The lowest BCUT2D eigenvalue weighted by Crippen LogP contribution is -2.57. The Balaban J connectivity index is 1.82. The number of carbonyl (C=O) groups is 3. The number of aromatic nitrogens is 4. The van der Waals surface area contributed by atoms with Crippen molar-refractivity contribution in [2.45, 2.75) is 55.5 Å². The number of carbonyl (C=O) groups excluding carboxylic acids is 3. The van der Waals surface area contributed by atoms with Crippen molar-refractivity contribution in [3.63, 3.8) is 0 Å². The van der Waals surface area contributed by atoms with E-state index < -0.39 is 65.1 Å². The van der Waals surface area contributed by atoms with E-state index in [1.807, 2.05) is 0 Å². The molecule has 0 N–H and O–H groups in total. The van der Waals surface area contributed by atoms with Gasteiger partial charge in [0.1, 0.15) is 29.9 Å². The van der Waals surface area contributed by atoms with Crippen LogP contribution in [-0.2, 0) is 33.3 Å². The first-order valence-electron chi connectivity index (χ1n) is 11.9. The average Bonchev–Trinajstić information content (AvgIpc) is 3.37. The number of rotatable bonds is 8. The Morgan fingerprint density at radius 1 is 1.00 bits per heavy atom. The Hall–Kier alpha value is -3.69. The van der Waals surface area contributed by atoms with Gasteiger partial charge in [-0.2, -0.15) is 0 Å². The Kier molecular flexibility index (Phi) is 9.50. The van der Waals surface area contributed by atoms with E-state index in [0.29, 0.717) is 9.92 Å². The fourth-order valence-electron chi connectivity index (χ4n) is 4.13. The molecule has 218 valence electrons. The zero-order valence-electron chi connectivity index (χ0n) is 21.6. The first kappa shape index (κ1) is 30.3. The van der Waals surface area contributed by atoms with Crippen LogP contribution in [-0.4, -0.2) is 68.2 Å². The largest absolute Gasteiger partial charge is 0.463 e. The molecule has 1 aliphatic rings. The molecule has 4 rings (SSSR count). The lowest BCUT2D eigenvalue weighted by molar-refractivity contribution is -0.212. The monoisotopic (exact) mass is 614 g/mol. The summed E-state index contributed by atoms with van der Waals surface area (Å²) < 4.78 is 65.0. The number of esters is 3. The van der Waals surface area contributed by atoms with Gasteiger partial charge in [0.25, 0.3) is 0 Å². The third-order valence-corrected chi connectivity index (χ3v) is 7.01. The van der Waals surface area contributed by atoms with Crippen molar-refractivity contribution in [3.05, 3.63) is 59.3 Å². The summed E-state index contributed by atoms with van der Waals surface area (Å²) in [4.78, 5) is 40.6. The maximum Gasteiger partial charge on any atom is 0.303 e. The second kappa shape index (κ2) is 12.9. The van der Waals surface area contributed by atoms with Gasteiger partial charge >= 0.3 is 17.9 Å². The molecule has 3 unspecified atom stereocenters. The summed E-state index contributed by atoms with van der Waals surface area (Å²) in [5.41, 5.74) is -1.23. The highest BCUT2D eigenvalue weighted by Gasteiger charge is 2.52. The molecule has 5 atom stereocenters. The van der Waals surface area contributed by atoms with Gasteiger partial charge in [-0.3, -0.25) is 19.4 Å². The van der Waals surface area contributed by atoms with Gasteiger partial charge in [0.15, 0.2) is 29.7 Å². The van der Waals surface area contributed by atoms with Crippen LogP contribution in [0.25, 0.3) is 11.3 Å². The van der Waals surface area contributed by atoms with Gasteiger partial charge < -0.3 is 18.9 Å². The quantitative estimate of drug-likeness (QED) is 0.208. The number of hydrogen-bond donors (Lipinski definition) is 0. The van der Waals surface area contributed by atoms with Crippen LogP contribution in [0.3, 0.4) is 0 Å². The van der Waals surface area contributed by atoms with E-state index in [4.69, 9.17) is 30.5 Å². The maximum atomic E-state index is 13.9. The molecule has 1 saturated heterocycles. The Morgan fingerprint density at radius 3 is 2.27 bits per heavy atom. The summed E-state index contributed by atoms with van der Waals surface area (Å²) in [6, 6.07) is 1.90. The second-order valence-electron chi connectivity index (χ2n) is 8.78. The zero-order valence-corrected chi connectivity index (χ0v) is 23.2. The van der Waals surface area contributed by atoms with Crippen LogP contribution >= 0.6 is 23.4 Å². The van der Waals surface area contributed by atoms with Crippen LogP contribution in [0.2, 0.25) is 5.02 Å². The molecule has 0 aliphatic carbocycles. The summed E-state index contributed by atoms with van der Waals surface area (Å²) >= 11 is 7.14. The molecule has 0 bridgehead atoms. The standard InChI is InChI=1S/C25H22ClF3N4O7S/c1-11(34)37-10-20-23(38-12(2)35)22(33-9-19(31-32-33)14-4-17(27)21(29)18(28)5-14)24(39-13(3)36)25(40-20)41-16-6-15(26)7-30-8-16/h4-9,20,22-25H,10H2,1-3H3/t20?,22?,23-,24?,25+/m0/s1. The minimum Gasteiger partial charge on any atom is -0.463 e. The number of nitrogens with zero attached hydrogens (tertiary/aromatic N) is 4. The topological polar surface area (TPSA) is 132 Å². The summed E-state index contributed by atoms with van der Waals surface area (Å²) in [5.74, 6) is -6.64. The van der Waals surface area contributed by atoms with E-state index in [2.05, 4.69) is 15.3 Å². The summed E-state index contributed by atoms with van der Waals surface area (Å²) in [5, 5.41) is 8.29. The zero-order chi connectivity index (χ0) is 29.8. The molecule has 0 spiro atoms. The first-order valence-corrected chi connectivity index (χ1v) is 13.2. The van der Waals surface area contributed by atoms with Crippen LogP contribution in [0.4, 0.5) is 13.2 Å². The highest BCUT2D eigenvalue weighted by atomic mass is 35.5. The Morgan fingerprint density at radius 2 is 1.66 bits per heavy atom. The van der Waals surface area contributed by atoms with Gasteiger partial charge in [0, 0.05) is 43.6 Å². The van der Waals surface area contributed by atoms with E-state index in [9.17, 15) is 27.6 Å². The SMILES string of the molecule is CC(=O)OCC1O[C@H](Sc2cncc(Cl)c2)C(OC(C)=O)C(n2cc(-c3cc(F)c(F)c(F)c3)nn2)[C@H]1OC(C)=O. The van der Waals surface area contributed by atoms with Crippen molar-refractivity contribution in [1.82, 2.24) is 20.0 Å². The molecular weight excluding hydrogens is 593 g/mol. The number of ether oxygens (including phenoxy) is 4. The number of halogens is 4. The normalized spacial score (nSPS) is 22.2. The summed E-state index contributed by atoms with van der Waals surface area (Å²) in [6.07, 6.45) is 0.577. The lowest BCUT2D eigenvalue weighted by Gasteiger charge is -2.44. The van der Waals surface area contributed by atoms with Crippen LogP contribution in [0, 0.1) is 17.5 Å². The fourth-order valence-corrected chi connectivity index (χ4v) is 5.50. The van der Waals surface area contributed by atoms with Gasteiger partial charge in [-0.05, 0) is 18.2 Å². The molecule has 41 heavy (non-hydrogen) atoms. The molecule has 2 aromatic heterocycles. The minimum absolute atomic E-state index is 0.0720. The van der Waals surface area contributed by atoms with E-state index >= 15 is 0 Å². The van der Waals surface area contributed by atoms with Gasteiger partial charge in [-0.15, -0.1) is 5.10 Å². The highest BCUT2D eigenvalue weighted by molar-refractivity contribution is 7.99. The molecule has 16 heteroatoms. The highest BCUT2D eigenvalue weighted by Crippen LogP contribution is 2.41. The average molecular weight is 615 g/mol. The van der Waals surface area contributed by atoms with Gasteiger partial charge in [-0.1, -0.05) is 28.6 Å². The van der Waals surface area contributed by atoms with E-state index in [-0.39, 0.29) is 17.9 Å². The smallest absolute Gasteiger partial charge is 0.303 e. The third kappa shape index (κ3) is 7.34. The molecule has 1 fully saturated rings. The van der Waals surface area contributed by atoms with Crippen LogP contribution in [0.5, 0.6) is 0 Å². The number of hydrogen-bond acceptors (Lipinski definition) is 11. The molecular formula is C25H22ClF3N4O7S. The Bertz CT molecular complexity index is 1440. The molecule has 1 aromatic carbocycles. The van der Waals surface area contributed by atoms with Crippen molar-refractivity contribution in [3.8, 4) is 11.3 Å². The van der Waals surface area contributed by atoms with Crippen molar-refractivity contribution >= 4 is 41.3 Å². The predicted molar refractivity (Wildman–Crippen MR) is 136 cm³/mol. The van der Waals surface area contributed by atoms with Crippen molar-refractivity contribution in [1.29, 1.82) is 0 Å². The second-order valence-corrected chi connectivity index (χ2v) is 10.4. The maximum absolute atomic E-state index is 13.9. The fraction of sp³-hybridized carbons (Fsp3) is 0.360. The van der Waals surface area contributed by atoms with Gasteiger partial charge in [-0.25, -0.2) is 17.9 Å². The van der Waals surface area contributed by atoms with Crippen LogP contribution in [0.1, 0.15) is 26.8 Å². The minimum atomic E-state index is -1.65. The number of benzene rings is 1. The van der Waals surface area contributed by atoms with Crippen molar-refractivity contribution in [2.75, 3.05) is 6.61 Å².